The Bertz CT molecular complexity index is 159. The predicted octanol–water partition coefficient (Wildman–Crippen LogP) is 1.93. The fraction of sp³-hybridized carbons (Fsp3) is 1.00. The lowest BCUT2D eigenvalue weighted by molar-refractivity contribution is -0.0233. The first kappa shape index (κ1) is 7.11. The number of aliphatic hydroxyl groups excluding tert-OH is 1. The molecule has 4 atom stereocenters. The molecule has 10 heavy (non-hydrogen) atoms. The molecule has 2 saturated carbocycles. The van der Waals surface area contributed by atoms with Crippen LogP contribution in [0, 0.1) is 11.3 Å². The zero-order valence-corrected chi connectivity index (χ0v) is 7.76. The summed E-state index contributed by atoms with van der Waals surface area (Å²) in [5.41, 5.74) is 0.272. The van der Waals surface area contributed by atoms with Crippen LogP contribution in [0.2, 0.25) is 0 Å². The number of fused-ring (bicyclic) bond motifs is 1. The van der Waals surface area contributed by atoms with Gasteiger partial charge in [-0.15, -0.1) is 0 Å². The summed E-state index contributed by atoms with van der Waals surface area (Å²) in [6, 6.07) is 0. The minimum absolute atomic E-state index is 0.0914. The topological polar surface area (TPSA) is 20.2 Å². The Kier molecular flexibility index (Phi) is 1.41. The molecular weight excluding hydrogens is 192 g/mol. The molecule has 1 unspecified atom stereocenters. The van der Waals surface area contributed by atoms with Gasteiger partial charge >= 0.3 is 0 Å². The molecular formula is C8H13BrO. The van der Waals surface area contributed by atoms with Crippen LogP contribution in [0.5, 0.6) is 0 Å². The molecule has 0 heterocycles. The van der Waals surface area contributed by atoms with Crippen LogP contribution in [-0.2, 0) is 0 Å². The van der Waals surface area contributed by atoms with E-state index < -0.39 is 0 Å². The molecule has 1 N–H and O–H groups in total. The van der Waals surface area contributed by atoms with Gasteiger partial charge in [0.05, 0.1) is 6.10 Å². The second-order valence-electron chi connectivity index (χ2n) is 3.94. The molecule has 58 valence electrons. The van der Waals surface area contributed by atoms with Crippen molar-refractivity contribution in [3.8, 4) is 0 Å². The maximum Gasteiger partial charge on any atom is 0.0721 e. The van der Waals surface area contributed by atoms with Gasteiger partial charge in [0.1, 0.15) is 0 Å². The number of hydrogen-bond acceptors (Lipinski definition) is 1. The summed E-state index contributed by atoms with van der Waals surface area (Å²) in [5, 5.41) is 9.70. The lowest BCUT2D eigenvalue weighted by Crippen LogP contribution is -2.41. The third kappa shape index (κ3) is 0.668. The fourth-order valence-electron chi connectivity index (χ4n) is 2.39. The Morgan fingerprint density at radius 2 is 2.30 bits per heavy atom. The van der Waals surface area contributed by atoms with Crippen LogP contribution in [0.4, 0.5) is 0 Å². The molecule has 0 aliphatic heterocycles. The monoisotopic (exact) mass is 204 g/mol. The highest BCUT2D eigenvalue weighted by Gasteiger charge is 2.55. The van der Waals surface area contributed by atoms with E-state index in [2.05, 4.69) is 22.9 Å². The Balaban J connectivity index is 2.20. The quantitative estimate of drug-likeness (QED) is 0.599. The van der Waals surface area contributed by atoms with Crippen LogP contribution in [0.3, 0.4) is 0 Å². The van der Waals surface area contributed by atoms with Crippen molar-refractivity contribution in [1.29, 1.82) is 0 Å². The number of alkyl halides is 1. The first-order chi connectivity index (χ1) is 4.64. The van der Waals surface area contributed by atoms with Crippen LogP contribution >= 0.6 is 15.9 Å². The zero-order valence-electron chi connectivity index (χ0n) is 6.18. The highest BCUT2D eigenvalue weighted by Crippen LogP contribution is 2.58. The van der Waals surface area contributed by atoms with Crippen molar-refractivity contribution in [3.63, 3.8) is 0 Å². The van der Waals surface area contributed by atoms with E-state index in [0.29, 0.717) is 4.83 Å². The van der Waals surface area contributed by atoms with Gasteiger partial charge in [-0.1, -0.05) is 22.9 Å². The largest absolute Gasteiger partial charge is 0.391 e. The molecule has 2 heteroatoms. The number of halogens is 1. The van der Waals surface area contributed by atoms with Crippen molar-refractivity contribution in [2.75, 3.05) is 0 Å². The van der Waals surface area contributed by atoms with Crippen molar-refractivity contribution >= 4 is 15.9 Å². The van der Waals surface area contributed by atoms with Crippen molar-refractivity contribution in [2.45, 2.75) is 37.1 Å². The third-order valence-electron chi connectivity index (χ3n) is 3.49. The third-order valence-corrected chi connectivity index (χ3v) is 4.37. The summed E-state index contributed by atoms with van der Waals surface area (Å²) in [6.45, 7) is 2.22. The average Bonchev–Trinajstić information content (AvgIpc) is 2.03. The van der Waals surface area contributed by atoms with Crippen LogP contribution in [-0.4, -0.2) is 16.0 Å². The minimum Gasteiger partial charge on any atom is -0.391 e. The Hall–Kier alpha value is 0.440. The lowest BCUT2D eigenvalue weighted by Gasteiger charge is -2.44. The number of aliphatic hydroxyl groups is 1. The van der Waals surface area contributed by atoms with Gasteiger partial charge in [0.2, 0.25) is 0 Å². The lowest BCUT2D eigenvalue weighted by atomic mass is 9.62. The van der Waals surface area contributed by atoms with Gasteiger partial charge in [0.15, 0.2) is 0 Å². The number of rotatable bonds is 0. The van der Waals surface area contributed by atoms with Gasteiger partial charge in [0.25, 0.3) is 0 Å². The van der Waals surface area contributed by atoms with E-state index in [4.69, 9.17) is 0 Å². The van der Waals surface area contributed by atoms with E-state index in [1.807, 2.05) is 0 Å². The van der Waals surface area contributed by atoms with E-state index in [9.17, 15) is 5.11 Å². The molecule has 2 aliphatic carbocycles. The summed E-state index contributed by atoms with van der Waals surface area (Å²) >= 11 is 3.51. The normalized spacial score (nSPS) is 59.7. The second kappa shape index (κ2) is 1.98. The maximum atomic E-state index is 9.70. The summed E-state index contributed by atoms with van der Waals surface area (Å²) in [7, 11) is 0. The van der Waals surface area contributed by atoms with Crippen LogP contribution < -0.4 is 0 Å². The van der Waals surface area contributed by atoms with Gasteiger partial charge in [-0.25, -0.2) is 0 Å². The molecule has 2 aliphatic rings. The van der Waals surface area contributed by atoms with Crippen molar-refractivity contribution < 1.29 is 5.11 Å². The van der Waals surface area contributed by atoms with Gasteiger partial charge in [-0.05, 0) is 30.6 Å². The minimum atomic E-state index is -0.0914. The van der Waals surface area contributed by atoms with E-state index >= 15 is 0 Å². The molecule has 2 fully saturated rings. The molecule has 0 radical (unpaired) electrons. The Morgan fingerprint density at radius 1 is 1.60 bits per heavy atom. The van der Waals surface area contributed by atoms with E-state index in [-0.39, 0.29) is 11.5 Å². The summed E-state index contributed by atoms with van der Waals surface area (Å²) in [6.07, 6.45) is 3.64. The van der Waals surface area contributed by atoms with Crippen LogP contribution in [0.15, 0.2) is 0 Å². The zero-order chi connectivity index (χ0) is 7.35. The summed E-state index contributed by atoms with van der Waals surface area (Å²) in [4.78, 5) is 0.366. The molecule has 0 aromatic rings. The first-order valence-corrected chi connectivity index (χ1v) is 4.88. The first-order valence-electron chi connectivity index (χ1n) is 3.97. The van der Waals surface area contributed by atoms with Crippen molar-refractivity contribution in [2.24, 2.45) is 11.3 Å². The predicted molar refractivity (Wildman–Crippen MR) is 44.2 cm³/mol. The van der Waals surface area contributed by atoms with Crippen molar-refractivity contribution in [1.82, 2.24) is 0 Å². The molecule has 0 spiro atoms. The molecule has 2 rings (SSSR count). The van der Waals surface area contributed by atoms with Gasteiger partial charge in [-0.2, -0.15) is 0 Å². The van der Waals surface area contributed by atoms with Gasteiger partial charge in [0, 0.05) is 4.83 Å². The molecule has 0 aromatic heterocycles. The highest BCUT2D eigenvalue weighted by molar-refractivity contribution is 9.09. The average molecular weight is 205 g/mol. The summed E-state index contributed by atoms with van der Waals surface area (Å²) in [5.74, 6) is 0.798. The standard InChI is InChI=1S/C8H13BrO/c1-8-3-2-5(8)4-6(9)7(8)10/h5-7,10H,2-4H2,1H3/t5?,6-,7+,8-/m1/s1. The SMILES string of the molecule is C[C@@]12CCC1C[C@@H](Br)[C@@H]2O. The summed E-state index contributed by atoms with van der Waals surface area (Å²) < 4.78 is 0. The van der Waals surface area contributed by atoms with Crippen LogP contribution in [0.25, 0.3) is 0 Å². The van der Waals surface area contributed by atoms with E-state index in [1.165, 1.54) is 19.3 Å². The molecule has 0 bridgehead atoms. The fourth-order valence-corrected chi connectivity index (χ4v) is 3.45. The smallest absolute Gasteiger partial charge is 0.0721 e. The number of hydrogen-bond donors (Lipinski definition) is 1. The van der Waals surface area contributed by atoms with Gasteiger partial charge in [-0.3, -0.25) is 0 Å². The molecule has 0 aromatic carbocycles. The van der Waals surface area contributed by atoms with Gasteiger partial charge < -0.3 is 5.11 Å². The maximum absolute atomic E-state index is 9.70. The molecule has 0 amide bonds. The van der Waals surface area contributed by atoms with Crippen molar-refractivity contribution in [3.05, 3.63) is 0 Å². The Labute approximate surface area is 69.9 Å². The Morgan fingerprint density at radius 3 is 2.50 bits per heavy atom. The highest BCUT2D eigenvalue weighted by atomic mass is 79.9. The molecule has 0 saturated heterocycles. The van der Waals surface area contributed by atoms with E-state index in [0.717, 1.165) is 5.92 Å². The van der Waals surface area contributed by atoms with Crippen LogP contribution in [0.1, 0.15) is 26.2 Å². The second-order valence-corrected chi connectivity index (χ2v) is 5.11. The van der Waals surface area contributed by atoms with E-state index in [1.54, 1.807) is 0 Å². The molecule has 1 nitrogen and oxygen atoms in total.